The van der Waals surface area contributed by atoms with Crippen molar-refractivity contribution in [2.45, 2.75) is 24.2 Å². The number of halogens is 1. The van der Waals surface area contributed by atoms with E-state index in [1.165, 1.54) is 10.7 Å². The van der Waals surface area contributed by atoms with Crippen LogP contribution in [-0.4, -0.2) is 26.3 Å². The summed E-state index contributed by atoms with van der Waals surface area (Å²) in [5, 5.41) is 0. The molecule has 2 rings (SSSR count). The predicted molar refractivity (Wildman–Crippen MR) is 75.7 cm³/mol. The van der Waals surface area contributed by atoms with E-state index in [1.54, 1.807) is 25.2 Å². The van der Waals surface area contributed by atoms with Gasteiger partial charge in [0.25, 0.3) is 0 Å². The third-order valence-electron chi connectivity index (χ3n) is 3.42. The second-order valence-electron chi connectivity index (χ2n) is 4.77. The van der Waals surface area contributed by atoms with E-state index in [2.05, 4.69) is 15.9 Å². The Morgan fingerprint density at radius 3 is 2.61 bits per heavy atom. The molecule has 1 aliphatic carbocycles. The Balaban J connectivity index is 2.20. The number of sulfonamides is 1. The first-order valence-electron chi connectivity index (χ1n) is 5.92. The summed E-state index contributed by atoms with van der Waals surface area (Å²) in [5.41, 5.74) is 6.20. The highest BCUT2D eigenvalue weighted by Gasteiger charge is 2.26. The molecule has 1 aromatic rings. The molecule has 0 radical (unpaired) electrons. The molecule has 100 valence electrons. The van der Waals surface area contributed by atoms with E-state index < -0.39 is 10.0 Å². The van der Waals surface area contributed by atoms with E-state index >= 15 is 0 Å². The van der Waals surface area contributed by atoms with Gasteiger partial charge in [0.05, 0.1) is 4.90 Å². The smallest absolute Gasteiger partial charge is 0.242 e. The van der Waals surface area contributed by atoms with Gasteiger partial charge in [-0.25, -0.2) is 12.7 Å². The molecule has 0 aromatic heterocycles. The second-order valence-corrected chi connectivity index (χ2v) is 7.67. The molecule has 0 heterocycles. The monoisotopic (exact) mass is 332 g/mol. The number of hydrogen-bond acceptors (Lipinski definition) is 3. The van der Waals surface area contributed by atoms with Gasteiger partial charge in [-0.15, -0.1) is 0 Å². The Labute approximate surface area is 116 Å². The summed E-state index contributed by atoms with van der Waals surface area (Å²) in [6, 6.07) is 4.71. The van der Waals surface area contributed by atoms with Crippen LogP contribution in [0.5, 0.6) is 0 Å². The van der Waals surface area contributed by atoms with Crippen LogP contribution >= 0.6 is 15.9 Å². The van der Waals surface area contributed by atoms with Crippen molar-refractivity contribution in [1.29, 1.82) is 0 Å². The molecule has 0 aliphatic heterocycles. The van der Waals surface area contributed by atoms with E-state index in [-0.39, 0.29) is 4.90 Å². The Morgan fingerprint density at radius 1 is 1.44 bits per heavy atom. The summed E-state index contributed by atoms with van der Waals surface area (Å²) < 4.78 is 26.7. The standard InChI is InChI=1S/C12H17BrN2O2S/c1-15(8-9-3-2-4-9)18(16,17)10-5-6-12(14)11(13)7-10/h5-7,9H,2-4,8,14H2,1H3. The van der Waals surface area contributed by atoms with Crippen molar-refractivity contribution in [3.05, 3.63) is 22.7 Å². The Kier molecular flexibility index (Phi) is 3.99. The first-order chi connectivity index (χ1) is 8.41. The first kappa shape index (κ1) is 13.8. The van der Waals surface area contributed by atoms with Crippen molar-refractivity contribution >= 4 is 31.6 Å². The maximum absolute atomic E-state index is 12.3. The van der Waals surface area contributed by atoms with Crippen LogP contribution in [0.1, 0.15) is 19.3 Å². The summed E-state index contributed by atoms with van der Waals surface area (Å²) in [6.07, 6.45) is 3.47. The zero-order valence-corrected chi connectivity index (χ0v) is 12.7. The van der Waals surface area contributed by atoms with Crippen LogP contribution < -0.4 is 5.73 Å². The predicted octanol–water partition coefficient (Wildman–Crippen LogP) is 2.45. The number of nitrogens with two attached hydrogens (primary N) is 1. The van der Waals surface area contributed by atoms with Crippen LogP contribution in [0, 0.1) is 5.92 Å². The van der Waals surface area contributed by atoms with Gasteiger partial charge < -0.3 is 5.73 Å². The summed E-state index contributed by atoms with van der Waals surface area (Å²) in [4.78, 5) is 0.283. The minimum Gasteiger partial charge on any atom is -0.398 e. The number of rotatable bonds is 4. The maximum Gasteiger partial charge on any atom is 0.242 e. The minimum absolute atomic E-state index is 0.283. The van der Waals surface area contributed by atoms with Gasteiger partial charge in [0.2, 0.25) is 10.0 Å². The highest BCUT2D eigenvalue weighted by Crippen LogP contribution is 2.29. The molecule has 2 N–H and O–H groups in total. The van der Waals surface area contributed by atoms with Crippen molar-refractivity contribution in [3.63, 3.8) is 0 Å². The average Bonchev–Trinajstić information content (AvgIpc) is 2.26. The van der Waals surface area contributed by atoms with Gasteiger partial charge >= 0.3 is 0 Å². The molecule has 1 aromatic carbocycles. The lowest BCUT2D eigenvalue weighted by molar-refractivity contribution is 0.263. The Hall–Kier alpha value is -0.590. The molecule has 6 heteroatoms. The Bertz CT molecular complexity index is 541. The molecule has 0 saturated heterocycles. The van der Waals surface area contributed by atoms with E-state index in [4.69, 9.17) is 5.73 Å². The summed E-state index contributed by atoms with van der Waals surface area (Å²) in [5.74, 6) is 0.516. The van der Waals surface area contributed by atoms with E-state index in [9.17, 15) is 8.42 Å². The fraction of sp³-hybridized carbons (Fsp3) is 0.500. The largest absolute Gasteiger partial charge is 0.398 e. The zero-order chi connectivity index (χ0) is 13.3. The van der Waals surface area contributed by atoms with Gasteiger partial charge in [-0.05, 0) is 52.9 Å². The van der Waals surface area contributed by atoms with Crippen molar-refractivity contribution in [3.8, 4) is 0 Å². The topological polar surface area (TPSA) is 63.4 Å². The normalized spacial score (nSPS) is 16.8. The van der Waals surface area contributed by atoms with Crippen molar-refractivity contribution in [1.82, 2.24) is 4.31 Å². The number of anilines is 1. The van der Waals surface area contributed by atoms with Gasteiger partial charge in [-0.1, -0.05) is 6.42 Å². The second kappa shape index (κ2) is 5.19. The van der Waals surface area contributed by atoms with Crippen molar-refractivity contribution in [2.24, 2.45) is 5.92 Å². The van der Waals surface area contributed by atoms with Gasteiger partial charge in [0.15, 0.2) is 0 Å². The summed E-state index contributed by atoms with van der Waals surface area (Å²) in [7, 11) is -1.76. The van der Waals surface area contributed by atoms with Crippen LogP contribution in [0.3, 0.4) is 0 Å². The van der Waals surface area contributed by atoms with Gasteiger partial charge in [0.1, 0.15) is 0 Å². The molecule has 0 atom stereocenters. The summed E-state index contributed by atoms with van der Waals surface area (Å²) in [6.45, 7) is 0.602. The van der Waals surface area contributed by atoms with Gasteiger partial charge in [0, 0.05) is 23.8 Å². The molecule has 1 saturated carbocycles. The Morgan fingerprint density at radius 2 is 2.11 bits per heavy atom. The van der Waals surface area contributed by atoms with Crippen molar-refractivity contribution < 1.29 is 8.42 Å². The van der Waals surface area contributed by atoms with Gasteiger partial charge in [-0.2, -0.15) is 0 Å². The fourth-order valence-corrected chi connectivity index (χ4v) is 3.79. The molecular formula is C12H17BrN2O2S. The highest BCUT2D eigenvalue weighted by molar-refractivity contribution is 9.10. The first-order valence-corrected chi connectivity index (χ1v) is 8.16. The van der Waals surface area contributed by atoms with E-state index in [0.717, 1.165) is 12.8 Å². The molecule has 4 nitrogen and oxygen atoms in total. The molecule has 18 heavy (non-hydrogen) atoms. The third-order valence-corrected chi connectivity index (χ3v) is 5.93. The maximum atomic E-state index is 12.3. The number of benzene rings is 1. The number of nitrogen functional groups attached to an aromatic ring is 1. The average molecular weight is 333 g/mol. The van der Waals surface area contributed by atoms with Gasteiger partial charge in [-0.3, -0.25) is 0 Å². The molecule has 1 fully saturated rings. The quantitative estimate of drug-likeness (QED) is 0.861. The third kappa shape index (κ3) is 2.70. The SMILES string of the molecule is CN(CC1CCC1)S(=O)(=O)c1ccc(N)c(Br)c1. The minimum atomic E-state index is -3.40. The molecule has 0 bridgehead atoms. The van der Waals surface area contributed by atoms with Crippen LogP contribution in [0.15, 0.2) is 27.6 Å². The lowest BCUT2D eigenvalue weighted by Gasteiger charge is -2.29. The van der Waals surface area contributed by atoms with Crippen LogP contribution in [0.25, 0.3) is 0 Å². The van der Waals surface area contributed by atoms with Crippen LogP contribution in [-0.2, 0) is 10.0 Å². The zero-order valence-electron chi connectivity index (χ0n) is 10.3. The number of nitrogens with zero attached hydrogens (tertiary/aromatic N) is 1. The highest BCUT2D eigenvalue weighted by atomic mass is 79.9. The van der Waals surface area contributed by atoms with E-state index in [0.29, 0.717) is 22.6 Å². The number of hydrogen-bond donors (Lipinski definition) is 1. The summed E-state index contributed by atoms with van der Waals surface area (Å²) >= 11 is 3.26. The molecule has 1 aliphatic rings. The lowest BCUT2D eigenvalue weighted by Crippen LogP contribution is -2.34. The van der Waals surface area contributed by atoms with E-state index in [1.807, 2.05) is 0 Å². The molecular weight excluding hydrogens is 316 g/mol. The fourth-order valence-electron chi connectivity index (χ4n) is 1.99. The lowest BCUT2D eigenvalue weighted by atomic mass is 9.86. The van der Waals surface area contributed by atoms with Crippen LogP contribution in [0.4, 0.5) is 5.69 Å². The molecule has 0 unspecified atom stereocenters. The van der Waals surface area contributed by atoms with Crippen molar-refractivity contribution in [2.75, 3.05) is 19.3 Å². The van der Waals surface area contributed by atoms with Crippen LogP contribution in [0.2, 0.25) is 0 Å². The molecule has 0 amide bonds. The molecule has 0 spiro atoms.